The normalized spacial score (nSPS) is 17.0. The van der Waals surface area contributed by atoms with Crippen molar-refractivity contribution in [2.24, 2.45) is 14.1 Å². The maximum Gasteiger partial charge on any atom is 0.328 e. The quantitative estimate of drug-likeness (QED) is 0.554. The highest BCUT2D eigenvalue weighted by molar-refractivity contribution is 7.89. The smallest absolute Gasteiger partial charge is 0.295 e. The van der Waals surface area contributed by atoms with E-state index < -0.39 is 25.9 Å². The Kier molecular flexibility index (Phi) is 5.74. The number of aromatic nitrogens is 2. The number of hydrogen-bond donors (Lipinski definition) is 0. The highest BCUT2D eigenvalue weighted by Crippen LogP contribution is 2.24. The van der Waals surface area contributed by atoms with E-state index in [2.05, 4.69) is 0 Å². The maximum atomic E-state index is 13.3. The number of nitrogens with zero attached hydrogens (tertiary/aromatic N) is 4. The lowest BCUT2D eigenvalue weighted by Gasteiger charge is -2.22. The molecule has 0 unspecified atom stereocenters. The lowest BCUT2D eigenvalue weighted by molar-refractivity contribution is 0.404. The first-order valence-corrected chi connectivity index (χ1v) is 12.8. The maximum absolute atomic E-state index is 13.3. The summed E-state index contributed by atoms with van der Waals surface area (Å²) in [5.41, 5.74) is 0.851. The topological polar surface area (TPSA) is 102 Å². The minimum absolute atomic E-state index is 0.0193. The van der Waals surface area contributed by atoms with E-state index in [1.54, 1.807) is 20.2 Å². The molecule has 9 nitrogen and oxygen atoms in total. The van der Waals surface area contributed by atoms with Gasteiger partial charge in [-0.25, -0.2) is 26.0 Å². The zero-order valence-electron chi connectivity index (χ0n) is 17.6. The molecule has 12 heteroatoms. The van der Waals surface area contributed by atoms with Crippen LogP contribution in [0.4, 0.5) is 4.39 Å². The zero-order chi connectivity index (χ0) is 23.3. The Hall–Kier alpha value is -2.54. The van der Waals surface area contributed by atoms with Gasteiger partial charge in [0, 0.05) is 40.3 Å². The molecule has 1 aliphatic rings. The van der Waals surface area contributed by atoms with Crippen LogP contribution in [0, 0.1) is 5.82 Å². The molecule has 3 aromatic rings. The van der Waals surface area contributed by atoms with Gasteiger partial charge >= 0.3 is 5.69 Å². The van der Waals surface area contributed by atoms with Gasteiger partial charge in [0.1, 0.15) is 5.82 Å². The third kappa shape index (κ3) is 3.76. The second-order valence-corrected chi connectivity index (χ2v) is 11.5. The molecule has 1 saturated heterocycles. The summed E-state index contributed by atoms with van der Waals surface area (Å²) < 4.78 is 70.8. The lowest BCUT2D eigenvalue weighted by atomic mass is 10.3. The standard InChI is InChI=1S/C20H23FN4O5S2/c1-22-18-9-8-17(14-19(18)23(2)20(22)26)32(29,30)25-11-3-10-24(12-13-25)31(27,28)16-6-4-15(21)5-7-16/h4-9,14H,3,10-13H2,1-2H3. The van der Waals surface area contributed by atoms with Crippen LogP contribution < -0.4 is 5.69 Å². The Balaban J connectivity index is 1.60. The fourth-order valence-corrected chi connectivity index (χ4v) is 6.86. The van der Waals surface area contributed by atoms with Crippen molar-refractivity contribution in [2.45, 2.75) is 16.2 Å². The SMILES string of the molecule is Cn1c(=O)n(C)c2cc(S(=O)(=O)N3CCCN(S(=O)(=O)c4ccc(F)cc4)CC3)ccc21. The molecule has 0 aliphatic carbocycles. The molecule has 0 amide bonds. The second kappa shape index (κ2) is 8.10. The van der Waals surface area contributed by atoms with Crippen molar-refractivity contribution in [2.75, 3.05) is 26.2 Å². The van der Waals surface area contributed by atoms with Gasteiger partial charge in [-0.15, -0.1) is 0 Å². The fraction of sp³-hybridized carbons (Fsp3) is 0.350. The van der Waals surface area contributed by atoms with Gasteiger partial charge in [-0.05, 0) is 48.9 Å². The highest BCUT2D eigenvalue weighted by atomic mass is 32.2. The molecular weight excluding hydrogens is 459 g/mol. The average Bonchev–Trinajstić information content (AvgIpc) is 2.96. The van der Waals surface area contributed by atoms with E-state index in [1.807, 2.05) is 0 Å². The van der Waals surface area contributed by atoms with Crippen LogP contribution in [0.3, 0.4) is 0 Å². The van der Waals surface area contributed by atoms with Crippen LogP contribution in [0.5, 0.6) is 0 Å². The Bertz CT molecular complexity index is 1440. The van der Waals surface area contributed by atoms with Crippen LogP contribution in [0.1, 0.15) is 6.42 Å². The second-order valence-electron chi connectivity index (χ2n) is 7.67. The van der Waals surface area contributed by atoms with Gasteiger partial charge in [0.15, 0.2) is 0 Å². The van der Waals surface area contributed by atoms with E-state index in [0.717, 1.165) is 12.1 Å². The molecule has 0 spiro atoms. The van der Waals surface area contributed by atoms with Crippen molar-refractivity contribution in [3.8, 4) is 0 Å². The molecular formula is C20H23FN4O5S2. The first-order valence-electron chi connectivity index (χ1n) is 9.95. The summed E-state index contributed by atoms with van der Waals surface area (Å²) in [7, 11) is -4.58. The number of benzene rings is 2. The predicted octanol–water partition coefficient (Wildman–Crippen LogP) is 1.10. The van der Waals surface area contributed by atoms with Crippen LogP contribution in [0.25, 0.3) is 11.0 Å². The first-order chi connectivity index (χ1) is 15.0. The molecule has 1 aliphatic heterocycles. The number of fused-ring (bicyclic) bond motifs is 1. The Morgan fingerprint density at radius 2 is 1.22 bits per heavy atom. The lowest BCUT2D eigenvalue weighted by Crippen LogP contribution is -2.37. The van der Waals surface area contributed by atoms with Crippen molar-refractivity contribution < 1.29 is 21.2 Å². The molecule has 1 aromatic heterocycles. The zero-order valence-corrected chi connectivity index (χ0v) is 19.2. The van der Waals surface area contributed by atoms with E-state index in [9.17, 15) is 26.0 Å². The van der Waals surface area contributed by atoms with Crippen LogP contribution in [0.15, 0.2) is 57.1 Å². The van der Waals surface area contributed by atoms with Crippen molar-refractivity contribution in [3.63, 3.8) is 0 Å². The van der Waals surface area contributed by atoms with Gasteiger partial charge in [0.25, 0.3) is 0 Å². The van der Waals surface area contributed by atoms with Crippen LogP contribution in [-0.2, 0) is 34.1 Å². The molecule has 0 atom stereocenters. The first kappa shape index (κ1) is 22.6. The Labute approximate surface area is 185 Å². The number of imidazole rings is 1. The Morgan fingerprint density at radius 1 is 0.719 bits per heavy atom. The van der Waals surface area contributed by atoms with Gasteiger partial charge < -0.3 is 0 Å². The van der Waals surface area contributed by atoms with Crippen molar-refractivity contribution >= 4 is 31.1 Å². The summed E-state index contributed by atoms with van der Waals surface area (Å²) >= 11 is 0. The van der Waals surface area contributed by atoms with Gasteiger partial charge in [-0.1, -0.05) is 0 Å². The van der Waals surface area contributed by atoms with Gasteiger partial charge in [-0.3, -0.25) is 9.13 Å². The van der Waals surface area contributed by atoms with E-state index in [1.165, 1.54) is 42.0 Å². The summed E-state index contributed by atoms with van der Waals surface area (Å²) in [6, 6.07) is 9.06. The summed E-state index contributed by atoms with van der Waals surface area (Å²) in [5.74, 6) is -0.537. The average molecular weight is 483 g/mol. The highest BCUT2D eigenvalue weighted by Gasteiger charge is 2.32. The van der Waals surface area contributed by atoms with Crippen LogP contribution in [-0.4, -0.2) is 60.8 Å². The minimum atomic E-state index is -3.90. The van der Waals surface area contributed by atoms with E-state index in [-0.39, 0.29) is 41.7 Å². The Morgan fingerprint density at radius 3 is 1.81 bits per heavy atom. The number of rotatable bonds is 4. The number of aryl methyl sites for hydroxylation is 2. The number of sulfonamides is 2. The molecule has 2 heterocycles. The molecule has 32 heavy (non-hydrogen) atoms. The molecule has 1 fully saturated rings. The van der Waals surface area contributed by atoms with E-state index in [4.69, 9.17) is 0 Å². The van der Waals surface area contributed by atoms with Crippen LogP contribution in [0.2, 0.25) is 0 Å². The van der Waals surface area contributed by atoms with Gasteiger partial charge in [-0.2, -0.15) is 8.61 Å². The molecule has 0 radical (unpaired) electrons. The molecule has 172 valence electrons. The summed E-state index contributed by atoms with van der Waals surface area (Å²) in [6.07, 6.45) is 0.311. The molecule has 2 aromatic carbocycles. The molecule has 0 bridgehead atoms. The predicted molar refractivity (Wildman–Crippen MR) is 117 cm³/mol. The number of halogens is 1. The molecule has 0 saturated carbocycles. The third-order valence-electron chi connectivity index (χ3n) is 5.75. The van der Waals surface area contributed by atoms with E-state index in [0.29, 0.717) is 17.5 Å². The van der Waals surface area contributed by atoms with Crippen molar-refractivity contribution in [1.29, 1.82) is 0 Å². The summed E-state index contributed by atoms with van der Waals surface area (Å²) in [5, 5.41) is 0. The van der Waals surface area contributed by atoms with Crippen LogP contribution >= 0.6 is 0 Å². The molecule has 0 N–H and O–H groups in total. The van der Waals surface area contributed by atoms with Crippen molar-refractivity contribution in [1.82, 2.24) is 17.7 Å². The largest absolute Gasteiger partial charge is 0.328 e. The van der Waals surface area contributed by atoms with Crippen molar-refractivity contribution in [3.05, 3.63) is 58.8 Å². The molecule has 4 rings (SSSR count). The van der Waals surface area contributed by atoms with Gasteiger partial charge in [0.2, 0.25) is 20.0 Å². The third-order valence-corrected chi connectivity index (χ3v) is 9.55. The fourth-order valence-electron chi connectivity index (χ4n) is 3.90. The monoisotopic (exact) mass is 482 g/mol. The number of hydrogen-bond acceptors (Lipinski definition) is 5. The van der Waals surface area contributed by atoms with E-state index >= 15 is 0 Å². The van der Waals surface area contributed by atoms with Gasteiger partial charge in [0.05, 0.1) is 20.8 Å². The summed E-state index contributed by atoms with van der Waals surface area (Å²) in [4.78, 5) is 12.2. The minimum Gasteiger partial charge on any atom is -0.295 e. The summed E-state index contributed by atoms with van der Waals surface area (Å²) in [6.45, 7) is 0.265.